The molecule has 0 radical (unpaired) electrons. The van der Waals surface area contributed by atoms with Gasteiger partial charge in [0.05, 0.1) is 6.04 Å². The fourth-order valence-electron chi connectivity index (χ4n) is 1.27. The molecule has 16 heavy (non-hydrogen) atoms. The van der Waals surface area contributed by atoms with Crippen LogP contribution in [0, 0.1) is 17.3 Å². The molecule has 0 aliphatic carbocycles. The minimum atomic E-state index is -0.372. The van der Waals surface area contributed by atoms with E-state index in [2.05, 4.69) is 46.9 Å². The molecule has 0 fully saturated rings. The van der Waals surface area contributed by atoms with Crippen LogP contribution in [0.3, 0.4) is 0 Å². The van der Waals surface area contributed by atoms with Gasteiger partial charge in [-0.05, 0) is 23.7 Å². The largest absolute Gasteiger partial charge is 0.354 e. The molecular formula is C13H28N2O. The fraction of sp³-hybridized carbons (Fsp3) is 0.923. The number of hydrogen-bond donors (Lipinski definition) is 2. The number of hydrogen-bond acceptors (Lipinski definition) is 2. The van der Waals surface area contributed by atoms with Gasteiger partial charge in [0, 0.05) is 6.54 Å². The molecule has 0 saturated carbocycles. The molecule has 0 aromatic rings. The second-order valence-corrected chi connectivity index (χ2v) is 6.10. The summed E-state index contributed by atoms with van der Waals surface area (Å²) in [5.41, 5.74) is 5.93. The zero-order chi connectivity index (χ0) is 12.9. The third kappa shape index (κ3) is 5.50. The smallest absolute Gasteiger partial charge is 0.236 e. The molecule has 0 heterocycles. The zero-order valence-corrected chi connectivity index (χ0v) is 11.6. The lowest BCUT2D eigenvalue weighted by molar-refractivity contribution is -0.123. The van der Waals surface area contributed by atoms with Crippen LogP contribution in [0.4, 0.5) is 0 Å². The predicted octanol–water partition coefficient (Wildman–Crippen LogP) is 2.16. The maximum atomic E-state index is 11.7. The number of nitrogens with one attached hydrogen (secondary N) is 1. The van der Waals surface area contributed by atoms with Gasteiger partial charge in [-0.3, -0.25) is 4.79 Å². The van der Waals surface area contributed by atoms with Crippen molar-refractivity contribution in [1.29, 1.82) is 0 Å². The quantitative estimate of drug-likeness (QED) is 0.732. The molecule has 0 aromatic carbocycles. The zero-order valence-electron chi connectivity index (χ0n) is 11.6. The van der Waals surface area contributed by atoms with Crippen molar-refractivity contribution in [2.45, 2.75) is 54.0 Å². The number of rotatable bonds is 6. The van der Waals surface area contributed by atoms with Gasteiger partial charge < -0.3 is 11.1 Å². The molecule has 96 valence electrons. The maximum absolute atomic E-state index is 11.7. The first kappa shape index (κ1) is 15.4. The van der Waals surface area contributed by atoms with E-state index in [1.807, 2.05) is 0 Å². The number of amides is 1. The van der Waals surface area contributed by atoms with Crippen molar-refractivity contribution < 1.29 is 4.79 Å². The molecule has 0 unspecified atom stereocenters. The second-order valence-electron chi connectivity index (χ2n) is 6.10. The molecule has 0 aromatic heterocycles. The Labute approximate surface area is 100 Å². The minimum Gasteiger partial charge on any atom is -0.354 e. The Kier molecular flexibility index (Phi) is 6.01. The molecule has 0 aliphatic heterocycles. The normalized spacial score (nSPS) is 14.3. The number of carbonyl (C=O) groups excluding carboxylic acids is 1. The first-order chi connectivity index (χ1) is 7.16. The van der Waals surface area contributed by atoms with E-state index in [1.165, 1.54) is 0 Å². The van der Waals surface area contributed by atoms with Crippen LogP contribution < -0.4 is 11.1 Å². The van der Waals surface area contributed by atoms with Crippen LogP contribution in [0.25, 0.3) is 0 Å². The van der Waals surface area contributed by atoms with E-state index in [0.717, 1.165) is 6.42 Å². The minimum absolute atomic E-state index is 0.0255. The van der Waals surface area contributed by atoms with Gasteiger partial charge in [0.25, 0.3) is 0 Å². The van der Waals surface area contributed by atoms with Crippen LogP contribution in [0.5, 0.6) is 0 Å². The maximum Gasteiger partial charge on any atom is 0.236 e. The Morgan fingerprint density at radius 1 is 1.25 bits per heavy atom. The van der Waals surface area contributed by atoms with E-state index in [4.69, 9.17) is 5.73 Å². The van der Waals surface area contributed by atoms with Crippen LogP contribution >= 0.6 is 0 Å². The summed E-state index contributed by atoms with van der Waals surface area (Å²) >= 11 is 0. The van der Waals surface area contributed by atoms with Crippen LogP contribution in [0.1, 0.15) is 48.0 Å². The summed E-state index contributed by atoms with van der Waals surface area (Å²) in [5, 5.41) is 2.95. The van der Waals surface area contributed by atoms with Crippen molar-refractivity contribution in [3.8, 4) is 0 Å². The van der Waals surface area contributed by atoms with E-state index < -0.39 is 0 Å². The molecule has 0 saturated heterocycles. The summed E-state index contributed by atoms with van der Waals surface area (Å²) < 4.78 is 0. The van der Waals surface area contributed by atoms with Gasteiger partial charge in [-0.2, -0.15) is 0 Å². The van der Waals surface area contributed by atoms with E-state index in [-0.39, 0.29) is 17.4 Å². The van der Waals surface area contributed by atoms with Gasteiger partial charge in [-0.15, -0.1) is 0 Å². The molecule has 3 nitrogen and oxygen atoms in total. The average Bonchev–Trinajstić information content (AvgIpc) is 2.12. The molecule has 0 bridgehead atoms. The monoisotopic (exact) mass is 228 g/mol. The van der Waals surface area contributed by atoms with Crippen molar-refractivity contribution in [3.05, 3.63) is 0 Å². The highest BCUT2D eigenvalue weighted by atomic mass is 16.2. The first-order valence-corrected chi connectivity index (χ1v) is 6.20. The van der Waals surface area contributed by atoms with Crippen LogP contribution in [0.15, 0.2) is 0 Å². The standard InChI is InChI=1S/C13H28N2O/c1-9(2)7-11(14)12(16)15-8-13(5,6)10(3)4/h9-11H,7-8,14H2,1-6H3,(H,15,16)/t11-/m1/s1. The molecule has 3 N–H and O–H groups in total. The summed E-state index contributed by atoms with van der Waals surface area (Å²) in [5.74, 6) is 0.968. The summed E-state index contributed by atoms with van der Waals surface area (Å²) in [6.45, 7) is 13.5. The van der Waals surface area contributed by atoms with Crippen LogP contribution in [-0.2, 0) is 4.79 Å². The number of nitrogens with two attached hydrogens (primary N) is 1. The molecule has 1 amide bonds. The second kappa shape index (κ2) is 6.24. The summed E-state index contributed by atoms with van der Waals surface area (Å²) in [6.07, 6.45) is 0.744. The van der Waals surface area contributed by atoms with Gasteiger partial charge in [-0.1, -0.05) is 41.5 Å². The lowest BCUT2D eigenvalue weighted by Crippen LogP contribution is -2.45. The van der Waals surface area contributed by atoms with Gasteiger partial charge in [0.1, 0.15) is 0 Å². The van der Waals surface area contributed by atoms with E-state index >= 15 is 0 Å². The van der Waals surface area contributed by atoms with E-state index in [1.54, 1.807) is 0 Å². The van der Waals surface area contributed by atoms with Crippen molar-refractivity contribution in [1.82, 2.24) is 5.32 Å². The molecule has 0 aliphatic rings. The topological polar surface area (TPSA) is 55.1 Å². The third-order valence-electron chi connectivity index (χ3n) is 3.34. The first-order valence-electron chi connectivity index (χ1n) is 6.20. The van der Waals surface area contributed by atoms with Crippen LogP contribution in [0.2, 0.25) is 0 Å². The Balaban J connectivity index is 4.07. The molecule has 3 heteroatoms. The highest BCUT2D eigenvalue weighted by Crippen LogP contribution is 2.24. The highest BCUT2D eigenvalue weighted by molar-refractivity contribution is 5.81. The fourth-order valence-corrected chi connectivity index (χ4v) is 1.27. The molecule has 1 atom stereocenters. The Morgan fingerprint density at radius 3 is 2.12 bits per heavy atom. The van der Waals surface area contributed by atoms with Crippen LogP contribution in [-0.4, -0.2) is 18.5 Å². The van der Waals surface area contributed by atoms with Crippen molar-refractivity contribution in [2.75, 3.05) is 6.54 Å². The lowest BCUT2D eigenvalue weighted by atomic mass is 9.81. The number of carbonyl (C=O) groups is 1. The Morgan fingerprint density at radius 2 is 1.75 bits per heavy atom. The van der Waals surface area contributed by atoms with Gasteiger partial charge >= 0.3 is 0 Å². The van der Waals surface area contributed by atoms with Gasteiger partial charge in [0.2, 0.25) is 5.91 Å². The Hall–Kier alpha value is -0.570. The average molecular weight is 228 g/mol. The van der Waals surface area contributed by atoms with Gasteiger partial charge in [-0.25, -0.2) is 0 Å². The van der Waals surface area contributed by atoms with Crippen molar-refractivity contribution >= 4 is 5.91 Å². The highest BCUT2D eigenvalue weighted by Gasteiger charge is 2.24. The summed E-state index contributed by atoms with van der Waals surface area (Å²) in [6, 6.07) is -0.372. The van der Waals surface area contributed by atoms with Gasteiger partial charge in [0.15, 0.2) is 0 Å². The van der Waals surface area contributed by atoms with Crippen molar-refractivity contribution in [2.24, 2.45) is 23.0 Å². The van der Waals surface area contributed by atoms with E-state index in [9.17, 15) is 4.79 Å². The predicted molar refractivity (Wildman–Crippen MR) is 69.1 cm³/mol. The molecular weight excluding hydrogens is 200 g/mol. The Bertz CT molecular complexity index is 222. The van der Waals surface area contributed by atoms with E-state index in [0.29, 0.717) is 18.4 Å². The summed E-state index contributed by atoms with van der Waals surface area (Å²) in [4.78, 5) is 11.7. The third-order valence-corrected chi connectivity index (χ3v) is 3.34. The molecule has 0 spiro atoms. The SMILES string of the molecule is CC(C)C[C@@H](N)C(=O)NCC(C)(C)C(C)C. The lowest BCUT2D eigenvalue weighted by Gasteiger charge is -2.30. The molecule has 0 rings (SSSR count). The summed E-state index contributed by atoms with van der Waals surface area (Å²) in [7, 11) is 0. The van der Waals surface area contributed by atoms with Crippen molar-refractivity contribution in [3.63, 3.8) is 0 Å².